The summed E-state index contributed by atoms with van der Waals surface area (Å²) in [7, 11) is 0. The molecule has 6 nitrogen and oxygen atoms in total. The minimum atomic E-state index is -0.102. The predicted octanol–water partition coefficient (Wildman–Crippen LogP) is 3.75. The molecule has 1 saturated heterocycles. The maximum atomic E-state index is 12.3. The second-order valence-electron chi connectivity index (χ2n) is 7.82. The van der Waals surface area contributed by atoms with Crippen LogP contribution in [0.1, 0.15) is 11.1 Å². The highest BCUT2D eigenvalue weighted by atomic mass is 16.5. The molecule has 1 amide bonds. The smallest absolute Gasteiger partial charge is 0.254 e. The number of para-hydroxylation sites is 1. The number of benzene rings is 3. The van der Waals surface area contributed by atoms with Gasteiger partial charge in [-0.15, -0.1) is 0 Å². The first kappa shape index (κ1) is 21.7. The minimum Gasteiger partial charge on any atom is -0.457 e. The molecule has 3 aromatic rings. The summed E-state index contributed by atoms with van der Waals surface area (Å²) in [5.74, 6) is 1.40. The van der Waals surface area contributed by atoms with Crippen LogP contribution in [-0.4, -0.2) is 54.6 Å². The van der Waals surface area contributed by atoms with Gasteiger partial charge in [-0.25, -0.2) is 5.43 Å². The molecule has 0 aromatic heterocycles. The van der Waals surface area contributed by atoms with Crippen molar-refractivity contribution in [3.8, 4) is 11.5 Å². The Hall–Kier alpha value is -3.48. The second kappa shape index (κ2) is 11.2. The molecule has 0 bridgehead atoms. The van der Waals surface area contributed by atoms with Gasteiger partial charge in [-0.05, 0) is 35.4 Å². The molecule has 0 atom stereocenters. The van der Waals surface area contributed by atoms with Crippen LogP contribution in [0.5, 0.6) is 11.5 Å². The summed E-state index contributed by atoms with van der Waals surface area (Å²) < 4.78 is 5.83. The van der Waals surface area contributed by atoms with Gasteiger partial charge in [0.2, 0.25) is 0 Å². The van der Waals surface area contributed by atoms with E-state index in [0.717, 1.165) is 49.8 Å². The van der Waals surface area contributed by atoms with Crippen LogP contribution in [-0.2, 0) is 11.3 Å². The molecule has 0 spiro atoms. The van der Waals surface area contributed by atoms with Crippen LogP contribution in [0.4, 0.5) is 0 Å². The van der Waals surface area contributed by atoms with E-state index in [0.29, 0.717) is 6.54 Å². The number of hydrogen-bond donors (Lipinski definition) is 1. The van der Waals surface area contributed by atoms with Crippen molar-refractivity contribution in [2.24, 2.45) is 5.10 Å². The summed E-state index contributed by atoms with van der Waals surface area (Å²) in [5, 5.41) is 4.11. The summed E-state index contributed by atoms with van der Waals surface area (Å²) >= 11 is 0. The van der Waals surface area contributed by atoms with E-state index in [-0.39, 0.29) is 5.91 Å². The number of nitrogens with zero attached hydrogens (tertiary/aromatic N) is 3. The lowest BCUT2D eigenvalue weighted by Crippen LogP contribution is -2.48. The number of nitrogens with one attached hydrogen (secondary N) is 1. The molecule has 1 aliphatic rings. The normalized spacial score (nSPS) is 15.0. The van der Waals surface area contributed by atoms with Crippen molar-refractivity contribution in [2.75, 3.05) is 32.7 Å². The van der Waals surface area contributed by atoms with Crippen molar-refractivity contribution in [2.45, 2.75) is 6.54 Å². The zero-order chi connectivity index (χ0) is 22.0. The standard InChI is InChI=1S/C26H28N4O2/c31-26(21-30-16-14-29(15-17-30)20-22-8-3-1-4-9-22)28-27-19-23-10-7-13-25(18-23)32-24-11-5-2-6-12-24/h1-13,18-19H,14-17,20-21H2,(H,28,31)/b27-19-. The Bertz CT molecular complexity index is 1020. The molecule has 3 aromatic carbocycles. The Morgan fingerprint density at radius 2 is 1.50 bits per heavy atom. The van der Waals surface area contributed by atoms with Gasteiger partial charge < -0.3 is 4.74 Å². The molecule has 1 heterocycles. The first-order chi connectivity index (χ1) is 15.7. The van der Waals surface area contributed by atoms with Gasteiger partial charge in [0.25, 0.3) is 5.91 Å². The average Bonchev–Trinajstić information content (AvgIpc) is 2.82. The van der Waals surface area contributed by atoms with E-state index in [2.05, 4.69) is 44.6 Å². The summed E-state index contributed by atoms with van der Waals surface area (Å²) in [6, 6.07) is 27.7. The fourth-order valence-electron chi connectivity index (χ4n) is 3.65. The zero-order valence-electron chi connectivity index (χ0n) is 18.1. The Kier molecular flexibility index (Phi) is 7.63. The summed E-state index contributed by atoms with van der Waals surface area (Å²) in [6.45, 7) is 4.98. The van der Waals surface area contributed by atoms with Gasteiger partial charge in [0.1, 0.15) is 11.5 Å². The van der Waals surface area contributed by atoms with Crippen molar-refractivity contribution in [3.63, 3.8) is 0 Å². The lowest BCUT2D eigenvalue weighted by Gasteiger charge is -2.34. The third-order valence-corrected chi connectivity index (χ3v) is 5.32. The van der Waals surface area contributed by atoms with E-state index in [1.54, 1.807) is 6.21 Å². The Morgan fingerprint density at radius 3 is 2.25 bits per heavy atom. The van der Waals surface area contributed by atoms with E-state index in [1.165, 1.54) is 5.56 Å². The molecule has 1 aliphatic heterocycles. The van der Waals surface area contributed by atoms with E-state index in [4.69, 9.17) is 4.74 Å². The number of hydrazone groups is 1. The first-order valence-electron chi connectivity index (χ1n) is 10.9. The van der Waals surface area contributed by atoms with Crippen LogP contribution >= 0.6 is 0 Å². The number of carbonyl (C=O) groups excluding carboxylic acids is 1. The topological polar surface area (TPSA) is 57.2 Å². The van der Waals surface area contributed by atoms with Gasteiger partial charge in [-0.2, -0.15) is 5.10 Å². The van der Waals surface area contributed by atoms with E-state index in [1.807, 2.05) is 60.7 Å². The Morgan fingerprint density at radius 1 is 0.844 bits per heavy atom. The molecule has 32 heavy (non-hydrogen) atoms. The van der Waals surface area contributed by atoms with Crippen LogP contribution in [0.15, 0.2) is 90.0 Å². The van der Waals surface area contributed by atoms with Crippen molar-refractivity contribution >= 4 is 12.1 Å². The summed E-state index contributed by atoms with van der Waals surface area (Å²) in [6.07, 6.45) is 1.63. The molecule has 0 unspecified atom stereocenters. The molecular weight excluding hydrogens is 400 g/mol. The Labute approximate surface area is 189 Å². The highest BCUT2D eigenvalue weighted by molar-refractivity contribution is 5.83. The van der Waals surface area contributed by atoms with E-state index in [9.17, 15) is 4.79 Å². The van der Waals surface area contributed by atoms with Gasteiger partial charge in [-0.3, -0.25) is 14.6 Å². The molecule has 0 saturated carbocycles. The fourth-order valence-corrected chi connectivity index (χ4v) is 3.65. The molecule has 6 heteroatoms. The monoisotopic (exact) mass is 428 g/mol. The van der Waals surface area contributed by atoms with Crippen molar-refractivity contribution in [1.29, 1.82) is 0 Å². The zero-order valence-corrected chi connectivity index (χ0v) is 18.1. The van der Waals surface area contributed by atoms with Gasteiger partial charge in [-0.1, -0.05) is 60.7 Å². The molecule has 4 rings (SSSR count). The minimum absolute atomic E-state index is 0.102. The number of amides is 1. The SMILES string of the molecule is O=C(CN1CCN(Cc2ccccc2)CC1)N/N=C\c1cccc(Oc2ccccc2)c1. The highest BCUT2D eigenvalue weighted by Gasteiger charge is 2.18. The lowest BCUT2D eigenvalue weighted by atomic mass is 10.2. The molecule has 0 radical (unpaired) electrons. The van der Waals surface area contributed by atoms with Gasteiger partial charge in [0.05, 0.1) is 12.8 Å². The third kappa shape index (κ3) is 6.77. The van der Waals surface area contributed by atoms with Crippen LogP contribution in [0, 0.1) is 0 Å². The quantitative estimate of drug-likeness (QED) is 0.439. The first-order valence-corrected chi connectivity index (χ1v) is 10.9. The van der Waals surface area contributed by atoms with Crippen LogP contribution in [0.3, 0.4) is 0 Å². The summed E-state index contributed by atoms with van der Waals surface area (Å²) in [5.41, 5.74) is 4.81. The molecule has 1 N–H and O–H groups in total. The maximum Gasteiger partial charge on any atom is 0.254 e. The van der Waals surface area contributed by atoms with E-state index < -0.39 is 0 Å². The fraction of sp³-hybridized carbons (Fsp3) is 0.231. The van der Waals surface area contributed by atoms with Gasteiger partial charge >= 0.3 is 0 Å². The van der Waals surface area contributed by atoms with Crippen molar-refractivity contribution in [1.82, 2.24) is 15.2 Å². The summed E-state index contributed by atoms with van der Waals surface area (Å²) in [4.78, 5) is 16.9. The molecule has 0 aliphatic carbocycles. The number of rotatable bonds is 8. The predicted molar refractivity (Wildman–Crippen MR) is 127 cm³/mol. The van der Waals surface area contributed by atoms with E-state index >= 15 is 0 Å². The highest BCUT2D eigenvalue weighted by Crippen LogP contribution is 2.21. The van der Waals surface area contributed by atoms with Crippen molar-refractivity contribution < 1.29 is 9.53 Å². The van der Waals surface area contributed by atoms with Crippen LogP contribution in [0.2, 0.25) is 0 Å². The van der Waals surface area contributed by atoms with Gasteiger partial charge in [0.15, 0.2) is 0 Å². The van der Waals surface area contributed by atoms with Crippen LogP contribution < -0.4 is 10.2 Å². The van der Waals surface area contributed by atoms with Gasteiger partial charge in [0, 0.05) is 32.7 Å². The molecule has 164 valence electrons. The Balaban J connectivity index is 1.19. The number of carbonyl (C=O) groups is 1. The third-order valence-electron chi connectivity index (χ3n) is 5.32. The average molecular weight is 429 g/mol. The van der Waals surface area contributed by atoms with Crippen LogP contribution in [0.25, 0.3) is 0 Å². The number of hydrogen-bond acceptors (Lipinski definition) is 5. The van der Waals surface area contributed by atoms with Crippen molar-refractivity contribution in [3.05, 3.63) is 96.1 Å². The maximum absolute atomic E-state index is 12.3. The number of ether oxygens (including phenoxy) is 1. The second-order valence-corrected chi connectivity index (χ2v) is 7.82. The molecular formula is C26H28N4O2. The lowest BCUT2D eigenvalue weighted by molar-refractivity contribution is -0.122. The molecule has 1 fully saturated rings. The largest absolute Gasteiger partial charge is 0.457 e. The number of piperazine rings is 1.